The van der Waals surface area contributed by atoms with Crippen LogP contribution in [0.15, 0.2) is 33.3 Å². The van der Waals surface area contributed by atoms with Crippen molar-refractivity contribution in [1.82, 2.24) is 0 Å². The summed E-state index contributed by atoms with van der Waals surface area (Å²) in [6.07, 6.45) is 2.22. The number of sulfone groups is 1. The minimum absolute atomic E-state index is 0.0708. The first kappa shape index (κ1) is 13.0. The molecule has 0 radical (unpaired) electrons. The van der Waals surface area contributed by atoms with Gasteiger partial charge in [-0.15, -0.1) is 5.10 Å². The van der Waals surface area contributed by atoms with E-state index in [-0.39, 0.29) is 22.2 Å². The molecule has 0 aliphatic rings. The smallest absolute Gasteiger partial charge is 0.211 e. The Morgan fingerprint density at radius 2 is 2.06 bits per heavy atom. The summed E-state index contributed by atoms with van der Waals surface area (Å²) >= 11 is 0. The maximum Gasteiger partial charge on any atom is 0.211 e. The van der Waals surface area contributed by atoms with Gasteiger partial charge in [0, 0.05) is 11.8 Å². The second-order valence-corrected chi connectivity index (χ2v) is 5.28. The third-order valence-electron chi connectivity index (χ3n) is 1.80. The van der Waals surface area contributed by atoms with Gasteiger partial charge in [0.2, 0.25) is 5.96 Å². The van der Waals surface area contributed by atoms with Crippen molar-refractivity contribution in [2.24, 2.45) is 21.7 Å². The largest absolute Gasteiger partial charge is 0.507 e. The first-order chi connectivity index (χ1) is 7.80. The molecular weight excluding hydrogens is 244 g/mol. The lowest BCUT2D eigenvalue weighted by Crippen LogP contribution is -2.21. The molecule has 0 aliphatic heterocycles. The van der Waals surface area contributed by atoms with Crippen molar-refractivity contribution >= 4 is 22.0 Å². The van der Waals surface area contributed by atoms with Gasteiger partial charge in [-0.3, -0.25) is 0 Å². The molecule has 0 spiro atoms. The molecule has 1 aromatic rings. The highest BCUT2D eigenvalue weighted by atomic mass is 32.2. The Bertz CT molecular complexity index is 574. The molecule has 0 amide bonds. The first-order valence-electron chi connectivity index (χ1n) is 4.46. The van der Waals surface area contributed by atoms with E-state index >= 15 is 0 Å². The Morgan fingerprint density at radius 3 is 2.59 bits per heavy atom. The number of phenols is 1. The molecule has 0 atom stereocenters. The Balaban J connectivity index is 3.16. The van der Waals surface area contributed by atoms with Crippen LogP contribution in [0.3, 0.4) is 0 Å². The summed E-state index contributed by atoms with van der Waals surface area (Å²) in [5.41, 5.74) is 10.3. The highest BCUT2D eigenvalue weighted by molar-refractivity contribution is 7.90. The van der Waals surface area contributed by atoms with Crippen LogP contribution in [0, 0.1) is 0 Å². The summed E-state index contributed by atoms with van der Waals surface area (Å²) in [6, 6.07) is 3.83. The van der Waals surface area contributed by atoms with Crippen LogP contribution in [-0.2, 0) is 9.84 Å². The SMILES string of the molecule is CS(=O)(=O)c1ccc(O)c(C=NN=C(N)N)c1. The van der Waals surface area contributed by atoms with Crippen molar-refractivity contribution in [1.29, 1.82) is 0 Å². The van der Waals surface area contributed by atoms with Crippen molar-refractivity contribution in [3.63, 3.8) is 0 Å². The van der Waals surface area contributed by atoms with Crippen LogP contribution in [0.5, 0.6) is 5.75 Å². The number of benzene rings is 1. The second kappa shape index (κ2) is 4.83. The molecule has 1 rings (SSSR count). The van der Waals surface area contributed by atoms with Crippen LogP contribution >= 0.6 is 0 Å². The number of guanidine groups is 1. The number of rotatable bonds is 3. The van der Waals surface area contributed by atoms with Crippen LogP contribution in [0.25, 0.3) is 0 Å². The standard InChI is InChI=1S/C9H12N4O3S/c1-17(15,16)7-2-3-8(14)6(4-7)5-12-13-9(10)11/h2-5,14H,1H3,(H4,10,11,13). The minimum Gasteiger partial charge on any atom is -0.507 e. The van der Waals surface area contributed by atoms with E-state index in [1.165, 1.54) is 18.2 Å². The van der Waals surface area contributed by atoms with Gasteiger partial charge in [0.1, 0.15) is 5.75 Å². The van der Waals surface area contributed by atoms with Gasteiger partial charge >= 0.3 is 0 Å². The second-order valence-electron chi connectivity index (χ2n) is 3.26. The fourth-order valence-electron chi connectivity index (χ4n) is 1.02. The Kier molecular flexibility index (Phi) is 3.69. The number of hydrogen-bond acceptors (Lipinski definition) is 5. The molecule has 1 aromatic carbocycles. The molecule has 0 unspecified atom stereocenters. The molecule has 0 bridgehead atoms. The van der Waals surface area contributed by atoms with Crippen molar-refractivity contribution in [2.75, 3.05) is 6.26 Å². The maximum atomic E-state index is 11.3. The van der Waals surface area contributed by atoms with Gasteiger partial charge in [-0.1, -0.05) is 0 Å². The first-order valence-corrected chi connectivity index (χ1v) is 6.35. The molecule has 0 aliphatic carbocycles. The zero-order chi connectivity index (χ0) is 13.1. The predicted molar refractivity (Wildman–Crippen MR) is 64.6 cm³/mol. The topological polar surface area (TPSA) is 131 Å². The minimum atomic E-state index is -3.34. The van der Waals surface area contributed by atoms with Crippen LogP contribution < -0.4 is 11.5 Å². The molecule has 0 fully saturated rings. The zero-order valence-electron chi connectivity index (χ0n) is 9.03. The maximum absolute atomic E-state index is 11.3. The van der Waals surface area contributed by atoms with Gasteiger partial charge in [-0.2, -0.15) is 5.10 Å². The summed E-state index contributed by atoms with van der Waals surface area (Å²) in [5, 5.41) is 16.3. The Labute approximate surface area is 98.4 Å². The van der Waals surface area contributed by atoms with Crippen molar-refractivity contribution in [3.05, 3.63) is 23.8 Å². The Hall–Kier alpha value is -2.09. The van der Waals surface area contributed by atoms with Gasteiger partial charge in [0.05, 0.1) is 11.1 Å². The van der Waals surface area contributed by atoms with Gasteiger partial charge in [-0.25, -0.2) is 8.42 Å². The lowest BCUT2D eigenvalue weighted by Gasteiger charge is -2.01. The van der Waals surface area contributed by atoms with Crippen LogP contribution in [-0.4, -0.2) is 32.0 Å². The summed E-state index contributed by atoms with van der Waals surface area (Å²) in [7, 11) is -3.34. The summed E-state index contributed by atoms with van der Waals surface area (Å²) in [4.78, 5) is 0.0708. The average molecular weight is 256 g/mol. The third-order valence-corrected chi connectivity index (χ3v) is 2.91. The molecule has 0 heterocycles. The normalized spacial score (nSPS) is 11.6. The average Bonchev–Trinajstić information content (AvgIpc) is 2.18. The summed E-state index contributed by atoms with van der Waals surface area (Å²) in [6.45, 7) is 0. The van der Waals surface area contributed by atoms with Gasteiger partial charge in [-0.05, 0) is 18.2 Å². The van der Waals surface area contributed by atoms with Gasteiger partial charge < -0.3 is 16.6 Å². The van der Waals surface area contributed by atoms with E-state index in [1.807, 2.05) is 0 Å². The van der Waals surface area contributed by atoms with E-state index in [2.05, 4.69) is 10.2 Å². The number of phenolic OH excluding ortho intramolecular Hbond substituents is 1. The highest BCUT2D eigenvalue weighted by Crippen LogP contribution is 2.19. The lowest BCUT2D eigenvalue weighted by atomic mass is 10.2. The monoisotopic (exact) mass is 256 g/mol. The van der Waals surface area contributed by atoms with E-state index in [9.17, 15) is 13.5 Å². The number of hydrogen-bond donors (Lipinski definition) is 3. The molecule has 0 saturated carbocycles. The van der Waals surface area contributed by atoms with Crippen LogP contribution in [0.4, 0.5) is 0 Å². The van der Waals surface area contributed by atoms with E-state index in [0.717, 1.165) is 12.5 Å². The molecule has 17 heavy (non-hydrogen) atoms. The zero-order valence-corrected chi connectivity index (χ0v) is 9.85. The van der Waals surface area contributed by atoms with Crippen molar-refractivity contribution in [3.8, 4) is 5.75 Å². The highest BCUT2D eigenvalue weighted by Gasteiger charge is 2.09. The molecule has 8 heteroatoms. The third kappa shape index (κ3) is 3.76. The predicted octanol–water partition coefficient (Wildman–Crippen LogP) is -0.597. The lowest BCUT2D eigenvalue weighted by molar-refractivity contribution is 0.474. The van der Waals surface area contributed by atoms with Crippen LogP contribution in [0.1, 0.15) is 5.56 Å². The van der Waals surface area contributed by atoms with E-state index in [4.69, 9.17) is 11.5 Å². The van der Waals surface area contributed by atoms with Crippen molar-refractivity contribution < 1.29 is 13.5 Å². The number of aromatic hydroxyl groups is 1. The molecule has 0 saturated heterocycles. The van der Waals surface area contributed by atoms with Crippen molar-refractivity contribution in [2.45, 2.75) is 4.90 Å². The number of nitrogens with zero attached hydrogens (tertiary/aromatic N) is 2. The fourth-order valence-corrected chi connectivity index (χ4v) is 1.68. The van der Waals surface area contributed by atoms with Gasteiger partial charge in [0.15, 0.2) is 9.84 Å². The molecule has 92 valence electrons. The van der Waals surface area contributed by atoms with E-state index < -0.39 is 9.84 Å². The number of nitrogens with two attached hydrogens (primary N) is 2. The summed E-state index contributed by atoms with van der Waals surface area (Å²) in [5.74, 6) is -0.355. The van der Waals surface area contributed by atoms with E-state index in [0.29, 0.717) is 0 Å². The fraction of sp³-hybridized carbons (Fsp3) is 0.111. The van der Waals surface area contributed by atoms with E-state index in [1.54, 1.807) is 0 Å². The molecule has 7 nitrogen and oxygen atoms in total. The Morgan fingerprint density at radius 1 is 1.41 bits per heavy atom. The molecule has 5 N–H and O–H groups in total. The van der Waals surface area contributed by atoms with Gasteiger partial charge in [0.25, 0.3) is 0 Å². The summed E-state index contributed by atoms with van der Waals surface area (Å²) < 4.78 is 22.6. The molecule has 0 aromatic heterocycles. The quantitative estimate of drug-likeness (QED) is 0.377. The van der Waals surface area contributed by atoms with Crippen LogP contribution in [0.2, 0.25) is 0 Å². The molecular formula is C9H12N4O3S.